The number of likely N-dealkylation sites (N-methyl/N-ethyl adjacent to an activating group) is 1. The van der Waals surface area contributed by atoms with Crippen LogP contribution < -0.4 is 5.56 Å². The minimum absolute atomic E-state index is 0.286. The van der Waals surface area contributed by atoms with Crippen LogP contribution >= 0.6 is 11.3 Å². The van der Waals surface area contributed by atoms with Crippen molar-refractivity contribution in [2.45, 2.75) is 11.1 Å². The number of aromatic amines is 1. The van der Waals surface area contributed by atoms with Crippen molar-refractivity contribution in [3.05, 3.63) is 33.9 Å². The van der Waals surface area contributed by atoms with E-state index in [0.29, 0.717) is 28.6 Å². The minimum Gasteiger partial charge on any atom is -0.301 e. The molecule has 0 aliphatic carbocycles. The second-order valence-corrected chi connectivity index (χ2v) is 8.38. The standard InChI is InChI=1S/C14H18N4O3S2/c1-2-17-5-7-18(8-6-17)23(20,21)14-9-11(10-22-14)12-3-4-13(19)16-15-12/h3-4,9-10H,2,5-8H2,1H3,(H,16,19). The normalized spacial score (nSPS) is 17.4. The summed E-state index contributed by atoms with van der Waals surface area (Å²) in [7, 11) is -3.46. The van der Waals surface area contributed by atoms with Gasteiger partial charge in [0.15, 0.2) is 0 Å². The van der Waals surface area contributed by atoms with Crippen LogP contribution in [0.3, 0.4) is 0 Å². The molecule has 1 saturated heterocycles. The molecule has 0 unspecified atom stereocenters. The van der Waals surface area contributed by atoms with Crippen molar-refractivity contribution in [1.29, 1.82) is 0 Å². The van der Waals surface area contributed by atoms with E-state index in [1.807, 2.05) is 0 Å². The van der Waals surface area contributed by atoms with E-state index < -0.39 is 10.0 Å². The number of hydrogen-bond acceptors (Lipinski definition) is 6. The second kappa shape index (κ2) is 6.52. The summed E-state index contributed by atoms with van der Waals surface area (Å²) >= 11 is 1.18. The lowest BCUT2D eigenvalue weighted by Gasteiger charge is -2.32. The molecule has 1 fully saturated rings. The number of nitrogens with zero attached hydrogens (tertiary/aromatic N) is 3. The van der Waals surface area contributed by atoms with Gasteiger partial charge in [-0.1, -0.05) is 6.92 Å². The zero-order chi connectivity index (χ0) is 16.4. The van der Waals surface area contributed by atoms with Crippen LogP contribution in [0.4, 0.5) is 0 Å². The fourth-order valence-corrected chi connectivity index (χ4v) is 5.25. The van der Waals surface area contributed by atoms with E-state index in [0.717, 1.165) is 19.6 Å². The summed E-state index contributed by atoms with van der Waals surface area (Å²) in [6.07, 6.45) is 0. The Morgan fingerprint density at radius 3 is 2.61 bits per heavy atom. The summed E-state index contributed by atoms with van der Waals surface area (Å²) in [6.45, 7) is 5.56. The first kappa shape index (κ1) is 16.3. The Labute approximate surface area is 138 Å². The lowest BCUT2D eigenvalue weighted by molar-refractivity contribution is 0.196. The Morgan fingerprint density at radius 1 is 1.26 bits per heavy atom. The smallest absolute Gasteiger partial charge is 0.264 e. The van der Waals surface area contributed by atoms with Crippen molar-refractivity contribution >= 4 is 21.4 Å². The van der Waals surface area contributed by atoms with Gasteiger partial charge in [0.25, 0.3) is 15.6 Å². The van der Waals surface area contributed by atoms with Crippen molar-refractivity contribution < 1.29 is 8.42 Å². The van der Waals surface area contributed by atoms with Gasteiger partial charge in [0.2, 0.25) is 0 Å². The molecule has 0 spiro atoms. The molecule has 0 atom stereocenters. The van der Waals surface area contributed by atoms with Gasteiger partial charge in [-0.15, -0.1) is 11.3 Å². The Kier molecular flexibility index (Phi) is 4.62. The van der Waals surface area contributed by atoms with Gasteiger partial charge in [0.1, 0.15) is 4.21 Å². The predicted octanol–water partition coefficient (Wildman–Crippen LogP) is 0.825. The molecule has 0 aromatic carbocycles. The summed E-state index contributed by atoms with van der Waals surface area (Å²) in [6, 6.07) is 4.57. The van der Waals surface area contributed by atoms with Crippen molar-refractivity contribution in [2.24, 2.45) is 0 Å². The topological polar surface area (TPSA) is 86.4 Å². The third kappa shape index (κ3) is 3.37. The van der Waals surface area contributed by atoms with E-state index in [-0.39, 0.29) is 5.56 Å². The molecule has 0 saturated carbocycles. The van der Waals surface area contributed by atoms with Gasteiger partial charge in [-0.2, -0.15) is 9.40 Å². The number of nitrogens with one attached hydrogen (secondary N) is 1. The summed E-state index contributed by atoms with van der Waals surface area (Å²) in [5.74, 6) is 0. The van der Waals surface area contributed by atoms with E-state index in [4.69, 9.17) is 0 Å². The highest BCUT2D eigenvalue weighted by atomic mass is 32.2. The van der Waals surface area contributed by atoms with Crippen LogP contribution in [-0.4, -0.2) is 60.5 Å². The molecule has 2 aromatic heterocycles. The Morgan fingerprint density at radius 2 is 2.00 bits per heavy atom. The maximum atomic E-state index is 12.7. The van der Waals surface area contributed by atoms with Crippen molar-refractivity contribution in [3.63, 3.8) is 0 Å². The van der Waals surface area contributed by atoms with Crippen LogP contribution in [0.1, 0.15) is 6.92 Å². The zero-order valence-corrected chi connectivity index (χ0v) is 14.4. The first-order valence-electron chi connectivity index (χ1n) is 7.38. The van der Waals surface area contributed by atoms with Gasteiger partial charge in [-0.3, -0.25) is 4.79 Å². The third-order valence-corrected chi connectivity index (χ3v) is 7.24. The Balaban J connectivity index is 1.81. The number of aromatic nitrogens is 2. The molecular formula is C14H18N4O3S2. The number of piperazine rings is 1. The van der Waals surface area contributed by atoms with Gasteiger partial charge in [-0.25, -0.2) is 13.5 Å². The fraction of sp³-hybridized carbons (Fsp3) is 0.429. The molecule has 0 bridgehead atoms. The first-order chi connectivity index (χ1) is 11.0. The van der Waals surface area contributed by atoms with E-state index in [2.05, 4.69) is 22.0 Å². The predicted molar refractivity (Wildman–Crippen MR) is 89.0 cm³/mol. The largest absolute Gasteiger partial charge is 0.301 e. The molecule has 1 N–H and O–H groups in total. The van der Waals surface area contributed by atoms with E-state index in [1.54, 1.807) is 17.5 Å². The quantitative estimate of drug-likeness (QED) is 0.879. The molecule has 3 heterocycles. The van der Waals surface area contributed by atoms with Crippen LogP contribution in [-0.2, 0) is 10.0 Å². The number of H-pyrrole nitrogens is 1. The first-order valence-corrected chi connectivity index (χ1v) is 9.70. The maximum Gasteiger partial charge on any atom is 0.264 e. The maximum absolute atomic E-state index is 12.7. The minimum atomic E-state index is -3.46. The zero-order valence-electron chi connectivity index (χ0n) is 12.7. The number of sulfonamides is 1. The molecule has 3 rings (SSSR count). The van der Waals surface area contributed by atoms with E-state index in [1.165, 1.54) is 21.7 Å². The highest BCUT2D eigenvalue weighted by Crippen LogP contribution is 2.29. The highest BCUT2D eigenvalue weighted by Gasteiger charge is 2.29. The molecule has 1 aliphatic rings. The fourth-order valence-electron chi connectivity index (χ4n) is 2.50. The Bertz CT molecular complexity index is 815. The third-order valence-electron chi connectivity index (χ3n) is 3.92. The SMILES string of the molecule is CCN1CCN(S(=O)(=O)c2cc(-c3ccc(=O)[nH]n3)cs2)CC1. The summed E-state index contributed by atoms with van der Waals surface area (Å²) in [4.78, 5) is 13.3. The van der Waals surface area contributed by atoms with Crippen LogP contribution in [0, 0.1) is 0 Å². The molecule has 124 valence electrons. The van der Waals surface area contributed by atoms with Crippen molar-refractivity contribution in [1.82, 2.24) is 19.4 Å². The van der Waals surface area contributed by atoms with Gasteiger partial charge < -0.3 is 4.90 Å². The van der Waals surface area contributed by atoms with Crippen LogP contribution in [0.15, 0.2) is 32.6 Å². The summed E-state index contributed by atoms with van der Waals surface area (Å²) < 4.78 is 27.3. The molecule has 0 radical (unpaired) electrons. The number of thiophene rings is 1. The van der Waals surface area contributed by atoms with Crippen LogP contribution in [0.25, 0.3) is 11.3 Å². The second-order valence-electron chi connectivity index (χ2n) is 5.30. The molecule has 2 aromatic rings. The summed E-state index contributed by atoms with van der Waals surface area (Å²) in [5, 5.41) is 8.03. The monoisotopic (exact) mass is 354 g/mol. The van der Waals surface area contributed by atoms with Gasteiger partial charge in [0, 0.05) is 43.2 Å². The molecule has 23 heavy (non-hydrogen) atoms. The van der Waals surface area contributed by atoms with Crippen LogP contribution in [0.5, 0.6) is 0 Å². The molecule has 0 amide bonds. The van der Waals surface area contributed by atoms with Gasteiger partial charge in [0.05, 0.1) is 5.69 Å². The number of rotatable bonds is 4. The Hall–Kier alpha value is -1.55. The summed E-state index contributed by atoms with van der Waals surface area (Å²) in [5.41, 5.74) is 0.959. The molecule has 9 heteroatoms. The number of hydrogen-bond donors (Lipinski definition) is 1. The van der Waals surface area contributed by atoms with Crippen LogP contribution in [0.2, 0.25) is 0 Å². The van der Waals surface area contributed by atoms with E-state index >= 15 is 0 Å². The average molecular weight is 354 g/mol. The molecular weight excluding hydrogens is 336 g/mol. The lowest BCUT2D eigenvalue weighted by atomic mass is 10.2. The van der Waals surface area contributed by atoms with E-state index in [9.17, 15) is 13.2 Å². The van der Waals surface area contributed by atoms with Gasteiger partial charge in [-0.05, 0) is 18.7 Å². The van der Waals surface area contributed by atoms with Crippen molar-refractivity contribution in [3.8, 4) is 11.3 Å². The van der Waals surface area contributed by atoms with Crippen molar-refractivity contribution in [2.75, 3.05) is 32.7 Å². The molecule has 7 nitrogen and oxygen atoms in total. The molecule has 1 aliphatic heterocycles. The van der Waals surface area contributed by atoms with Gasteiger partial charge >= 0.3 is 0 Å². The lowest BCUT2D eigenvalue weighted by Crippen LogP contribution is -2.48. The highest BCUT2D eigenvalue weighted by molar-refractivity contribution is 7.91. The average Bonchev–Trinajstić information content (AvgIpc) is 3.06.